The molecule has 0 N–H and O–H groups in total. The van der Waals surface area contributed by atoms with Crippen molar-refractivity contribution in [3.63, 3.8) is 0 Å². The van der Waals surface area contributed by atoms with Crippen LogP contribution in [0.4, 0.5) is 5.69 Å². The van der Waals surface area contributed by atoms with Gasteiger partial charge in [-0.1, -0.05) is 0 Å². The number of hydrogen-bond acceptors (Lipinski definition) is 5. The predicted molar refractivity (Wildman–Crippen MR) is 70.1 cm³/mol. The van der Waals surface area contributed by atoms with Crippen molar-refractivity contribution in [1.82, 2.24) is 0 Å². The van der Waals surface area contributed by atoms with Crippen molar-refractivity contribution in [2.45, 2.75) is 19.4 Å². The SMILES string of the molecule is CCOC(=O)C1Cc2cc(OC)ccc2N1CC#N. The fourth-order valence-corrected chi connectivity index (χ4v) is 2.34. The van der Waals surface area contributed by atoms with Crippen molar-refractivity contribution in [3.05, 3.63) is 23.8 Å². The molecule has 2 rings (SSSR count). The van der Waals surface area contributed by atoms with Gasteiger partial charge in [-0.3, -0.25) is 0 Å². The van der Waals surface area contributed by atoms with Crippen LogP contribution in [0.25, 0.3) is 0 Å². The minimum Gasteiger partial charge on any atom is -0.497 e. The van der Waals surface area contributed by atoms with Gasteiger partial charge in [0.05, 0.1) is 19.8 Å². The van der Waals surface area contributed by atoms with Gasteiger partial charge >= 0.3 is 5.97 Å². The van der Waals surface area contributed by atoms with E-state index >= 15 is 0 Å². The van der Waals surface area contributed by atoms with E-state index in [4.69, 9.17) is 14.7 Å². The van der Waals surface area contributed by atoms with E-state index in [9.17, 15) is 4.79 Å². The summed E-state index contributed by atoms with van der Waals surface area (Å²) in [6.45, 7) is 2.29. The van der Waals surface area contributed by atoms with E-state index in [1.54, 1.807) is 18.9 Å². The molecule has 5 nitrogen and oxygen atoms in total. The summed E-state index contributed by atoms with van der Waals surface area (Å²) in [5.41, 5.74) is 1.91. The predicted octanol–water partition coefficient (Wildman–Crippen LogP) is 1.51. The monoisotopic (exact) mass is 260 g/mol. The van der Waals surface area contributed by atoms with Gasteiger partial charge in [0, 0.05) is 12.1 Å². The molecular formula is C14H16N2O3. The number of methoxy groups -OCH3 is 1. The maximum atomic E-state index is 11.9. The normalized spacial score (nSPS) is 16.7. The van der Waals surface area contributed by atoms with Crippen LogP contribution in [0.2, 0.25) is 0 Å². The number of hydrogen-bond donors (Lipinski definition) is 0. The quantitative estimate of drug-likeness (QED) is 0.606. The van der Waals surface area contributed by atoms with Gasteiger partial charge in [0.25, 0.3) is 0 Å². The molecule has 0 aliphatic carbocycles. The van der Waals surface area contributed by atoms with Crippen LogP contribution in [0.3, 0.4) is 0 Å². The van der Waals surface area contributed by atoms with E-state index in [2.05, 4.69) is 6.07 Å². The van der Waals surface area contributed by atoms with Crippen LogP contribution < -0.4 is 9.64 Å². The van der Waals surface area contributed by atoms with Gasteiger partial charge in [-0.05, 0) is 30.7 Å². The van der Waals surface area contributed by atoms with Crippen LogP contribution in [-0.4, -0.2) is 32.3 Å². The summed E-state index contributed by atoms with van der Waals surface area (Å²) in [5.74, 6) is 0.466. The minimum absolute atomic E-state index is 0.169. The molecule has 0 aromatic heterocycles. The Morgan fingerprint density at radius 2 is 2.37 bits per heavy atom. The molecule has 100 valence electrons. The van der Waals surface area contributed by atoms with Crippen molar-refractivity contribution >= 4 is 11.7 Å². The number of esters is 1. The minimum atomic E-state index is -0.415. The van der Waals surface area contributed by atoms with E-state index in [0.717, 1.165) is 17.0 Å². The van der Waals surface area contributed by atoms with E-state index in [0.29, 0.717) is 13.0 Å². The van der Waals surface area contributed by atoms with Crippen molar-refractivity contribution in [1.29, 1.82) is 5.26 Å². The van der Waals surface area contributed by atoms with E-state index in [-0.39, 0.29) is 12.5 Å². The molecule has 0 saturated carbocycles. The average Bonchev–Trinajstić information content (AvgIpc) is 2.77. The Kier molecular flexibility index (Phi) is 3.91. The third-order valence-corrected chi connectivity index (χ3v) is 3.19. The lowest BCUT2D eigenvalue weighted by Crippen LogP contribution is -2.40. The third-order valence-electron chi connectivity index (χ3n) is 3.19. The van der Waals surface area contributed by atoms with Crippen LogP contribution in [-0.2, 0) is 16.0 Å². The molecule has 0 spiro atoms. The standard InChI is InChI=1S/C14H16N2O3/c1-3-19-14(17)13-9-10-8-11(18-2)4-5-12(10)16(13)7-6-15/h4-5,8,13H,3,7,9H2,1-2H3. The molecule has 19 heavy (non-hydrogen) atoms. The first-order chi connectivity index (χ1) is 9.21. The zero-order valence-electron chi connectivity index (χ0n) is 11.0. The summed E-state index contributed by atoms with van der Waals surface area (Å²) in [4.78, 5) is 13.7. The van der Waals surface area contributed by atoms with Crippen molar-refractivity contribution < 1.29 is 14.3 Å². The number of ether oxygens (including phenoxy) is 2. The molecule has 0 radical (unpaired) electrons. The maximum Gasteiger partial charge on any atom is 0.329 e. The van der Waals surface area contributed by atoms with Gasteiger partial charge < -0.3 is 14.4 Å². The van der Waals surface area contributed by atoms with Crippen LogP contribution in [0.1, 0.15) is 12.5 Å². The summed E-state index contributed by atoms with van der Waals surface area (Å²) in [6, 6.07) is 7.29. The Labute approximate surface area is 112 Å². The number of fused-ring (bicyclic) bond motifs is 1. The Hall–Kier alpha value is -2.22. The van der Waals surface area contributed by atoms with E-state index in [1.165, 1.54) is 0 Å². The van der Waals surface area contributed by atoms with Gasteiger partial charge in [0.1, 0.15) is 18.3 Å². The second-order valence-corrected chi connectivity index (χ2v) is 4.25. The molecule has 1 aliphatic heterocycles. The summed E-state index contributed by atoms with van der Waals surface area (Å²) in [5, 5.41) is 8.91. The molecule has 1 heterocycles. The molecular weight excluding hydrogens is 244 g/mol. The lowest BCUT2D eigenvalue weighted by molar-refractivity contribution is -0.144. The fourth-order valence-electron chi connectivity index (χ4n) is 2.34. The van der Waals surface area contributed by atoms with E-state index < -0.39 is 6.04 Å². The van der Waals surface area contributed by atoms with Crippen molar-refractivity contribution in [2.24, 2.45) is 0 Å². The number of nitrogens with zero attached hydrogens (tertiary/aromatic N) is 2. The van der Waals surface area contributed by atoms with Gasteiger partial charge in [0.2, 0.25) is 0 Å². The summed E-state index contributed by atoms with van der Waals surface area (Å²) < 4.78 is 10.2. The Bertz CT molecular complexity index is 522. The zero-order chi connectivity index (χ0) is 13.8. The van der Waals surface area contributed by atoms with Gasteiger partial charge in [-0.25, -0.2) is 4.79 Å². The topological polar surface area (TPSA) is 62.6 Å². The Morgan fingerprint density at radius 3 is 3.00 bits per heavy atom. The zero-order valence-corrected chi connectivity index (χ0v) is 11.0. The van der Waals surface area contributed by atoms with Gasteiger partial charge in [0.15, 0.2) is 0 Å². The molecule has 1 aromatic rings. The van der Waals surface area contributed by atoms with Crippen molar-refractivity contribution in [3.8, 4) is 11.8 Å². The number of nitriles is 1. The molecule has 5 heteroatoms. The highest BCUT2D eigenvalue weighted by molar-refractivity contribution is 5.84. The highest BCUT2D eigenvalue weighted by Gasteiger charge is 2.35. The molecule has 1 atom stereocenters. The van der Waals surface area contributed by atoms with Crippen LogP contribution in [0.5, 0.6) is 5.75 Å². The molecule has 0 amide bonds. The highest BCUT2D eigenvalue weighted by atomic mass is 16.5. The third kappa shape index (κ3) is 2.48. The first kappa shape index (κ1) is 13.2. The number of anilines is 1. The Morgan fingerprint density at radius 1 is 1.58 bits per heavy atom. The molecule has 0 fully saturated rings. The second-order valence-electron chi connectivity index (χ2n) is 4.25. The van der Waals surface area contributed by atoms with Crippen LogP contribution >= 0.6 is 0 Å². The summed E-state index contributed by atoms with van der Waals surface area (Å²) >= 11 is 0. The summed E-state index contributed by atoms with van der Waals surface area (Å²) in [6.07, 6.45) is 0.549. The molecule has 1 aliphatic rings. The number of carbonyl (C=O) groups is 1. The van der Waals surface area contributed by atoms with Gasteiger partial charge in [-0.2, -0.15) is 5.26 Å². The first-order valence-electron chi connectivity index (χ1n) is 6.18. The smallest absolute Gasteiger partial charge is 0.329 e. The molecule has 1 aromatic carbocycles. The summed E-state index contributed by atoms with van der Waals surface area (Å²) in [7, 11) is 1.60. The highest BCUT2D eigenvalue weighted by Crippen LogP contribution is 2.34. The largest absolute Gasteiger partial charge is 0.497 e. The lowest BCUT2D eigenvalue weighted by atomic mass is 10.1. The molecule has 0 saturated heterocycles. The van der Waals surface area contributed by atoms with Gasteiger partial charge in [-0.15, -0.1) is 0 Å². The second kappa shape index (κ2) is 5.61. The Balaban J connectivity index is 2.31. The number of rotatable bonds is 4. The average molecular weight is 260 g/mol. The lowest BCUT2D eigenvalue weighted by Gasteiger charge is -2.22. The maximum absolute atomic E-state index is 11.9. The van der Waals surface area contributed by atoms with Crippen molar-refractivity contribution in [2.75, 3.05) is 25.2 Å². The molecule has 0 bridgehead atoms. The van der Waals surface area contributed by atoms with E-state index in [1.807, 2.05) is 18.2 Å². The number of carbonyl (C=O) groups excluding carboxylic acids is 1. The van der Waals surface area contributed by atoms with Crippen LogP contribution in [0, 0.1) is 11.3 Å². The molecule has 1 unspecified atom stereocenters. The number of benzene rings is 1. The first-order valence-corrected chi connectivity index (χ1v) is 6.18. The van der Waals surface area contributed by atoms with Crippen LogP contribution in [0.15, 0.2) is 18.2 Å². The fraction of sp³-hybridized carbons (Fsp3) is 0.429.